The summed E-state index contributed by atoms with van der Waals surface area (Å²) < 4.78 is 2.38. The van der Waals surface area contributed by atoms with E-state index in [9.17, 15) is 9.90 Å². The monoisotopic (exact) mass is 495 g/mol. The second-order valence-electron chi connectivity index (χ2n) is 11.1. The van der Waals surface area contributed by atoms with Crippen molar-refractivity contribution in [3.63, 3.8) is 0 Å². The minimum Gasteiger partial charge on any atom is -0.478 e. The average molecular weight is 496 g/mol. The molecule has 0 saturated carbocycles. The third kappa shape index (κ3) is 5.41. The van der Waals surface area contributed by atoms with Gasteiger partial charge >= 0.3 is 5.97 Å². The molecule has 5 heteroatoms. The van der Waals surface area contributed by atoms with Crippen LogP contribution in [0.1, 0.15) is 68.2 Å². The molecule has 1 fully saturated rings. The first-order chi connectivity index (χ1) is 17.8. The Labute approximate surface area is 219 Å². The van der Waals surface area contributed by atoms with Gasteiger partial charge in [0, 0.05) is 31.7 Å². The topological polar surface area (TPSA) is 58.4 Å². The molecule has 1 aromatic heterocycles. The number of piperidine rings is 1. The van der Waals surface area contributed by atoms with Crippen LogP contribution in [0.25, 0.3) is 22.2 Å². The summed E-state index contributed by atoms with van der Waals surface area (Å²) in [6.45, 7) is 9.87. The van der Waals surface area contributed by atoms with E-state index in [1.54, 1.807) is 12.1 Å². The van der Waals surface area contributed by atoms with Gasteiger partial charge in [-0.3, -0.25) is 0 Å². The summed E-state index contributed by atoms with van der Waals surface area (Å²) in [5.41, 5.74) is 7.02. The van der Waals surface area contributed by atoms with Gasteiger partial charge in [-0.2, -0.15) is 0 Å². The van der Waals surface area contributed by atoms with Crippen molar-refractivity contribution < 1.29 is 9.90 Å². The first-order valence-corrected chi connectivity index (χ1v) is 13.5. The van der Waals surface area contributed by atoms with Crippen LogP contribution in [0.15, 0.2) is 66.7 Å². The number of aromatic nitrogens is 2. The molecule has 0 atom stereocenters. The first kappa shape index (κ1) is 25.1. The van der Waals surface area contributed by atoms with Crippen molar-refractivity contribution in [2.75, 3.05) is 18.0 Å². The largest absolute Gasteiger partial charge is 0.478 e. The molecule has 1 aliphatic heterocycles. The summed E-state index contributed by atoms with van der Waals surface area (Å²) in [4.78, 5) is 19.3. The Hall–Kier alpha value is -3.60. The van der Waals surface area contributed by atoms with Crippen molar-refractivity contribution in [1.29, 1.82) is 0 Å². The third-order valence-electron chi connectivity index (χ3n) is 7.59. The summed E-state index contributed by atoms with van der Waals surface area (Å²) in [5.74, 6) is 0.228. The molecule has 2 heterocycles. The molecule has 4 aromatic rings. The average Bonchev–Trinajstić information content (AvgIpc) is 3.23. The van der Waals surface area contributed by atoms with Crippen molar-refractivity contribution in [2.24, 2.45) is 5.41 Å². The zero-order valence-corrected chi connectivity index (χ0v) is 22.2. The molecule has 3 aromatic carbocycles. The Morgan fingerprint density at radius 2 is 1.84 bits per heavy atom. The maximum Gasteiger partial charge on any atom is 0.336 e. The highest BCUT2D eigenvalue weighted by molar-refractivity contribution is 5.96. The number of aryl methyl sites for hydroxylation is 1. The minimum absolute atomic E-state index is 0.325. The standard InChI is InChI=1S/C32H37N3O2/c1-4-5-11-30-33-28-17-16-25(34-19-8-18-32(2,3)22-34)20-29(28)35(30)21-23-12-14-24(15-13-23)26-9-6-7-10-27(26)31(36)37/h6-7,9-10,12-17,20H,4-5,8,11,18-19,21-22H2,1-3H3,(H,36,37). The van der Waals surface area contributed by atoms with Crippen molar-refractivity contribution in [2.45, 2.75) is 59.4 Å². The number of fused-ring (bicyclic) bond motifs is 1. The van der Waals surface area contributed by atoms with Gasteiger partial charge in [0.15, 0.2) is 0 Å². The fraction of sp³-hybridized carbons (Fsp3) is 0.375. The van der Waals surface area contributed by atoms with Crippen LogP contribution in [0, 0.1) is 5.41 Å². The van der Waals surface area contributed by atoms with Crippen molar-refractivity contribution in [3.8, 4) is 11.1 Å². The number of carboxylic acids is 1. The lowest BCUT2D eigenvalue weighted by molar-refractivity contribution is 0.0697. The molecular weight excluding hydrogens is 458 g/mol. The molecule has 0 spiro atoms. The zero-order valence-electron chi connectivity index (χ0n) is 22.2. The van der Waals surface area contributed by atoms with Crippen LogP contribution >= 0.6 is 0 Å². The van der Waals surface area contributed by atoms with E-state index in [0.29, 0.717) is 11.0 Å². The van der Waals surface area contributed by atoms with Crippen LogP contribution in [-0.2, 0) is 13.0 Å². The zero-order chi connectivity index (χ0) is 26.0. The van der Waals surface area contributed by atoms with Gasteiger partial charge in [-0.05, 0) is 65.6 Å². The number of carbonyl (C=O) groups is 1. The molecule has 192 valence electrons. The fourth-order valence-electron chi connectivity index (χ4n) is 5.60. The molecule has 5 rings (SSSR count). The minimum atomic E-state index is -0.905. The molecule has 1 aliphatic rings. The maximum absolute atomic E-state index is 11.7. The van der Waals surface area contributed by atoms with Gasteiger partial charge in [-0.25, -0.2) is 9.78 Å². The quantitative estimate of drug-likeness (QED) is 0.276. The fourth-order valence-corrected chi connectivity index (χ4v) is 5.60. The lowest BCUT2D eigenvalue weighted by Crippen LogP contribution is -2.40. The Bertz CT molecular complexity index is 1400. The third-order valence-corrected chi connectivity index (χ3v) is 7.59. The number of hydrogen-bond acceptors (Lipinski definition) is 3. The van der Waals surface area contributed by atoms with Gasteiger partial charge in [0.2, 0.25) is 0 Å². The summed E-state index contributed by atoms with van der Waals surface area (Å²) in [6.07, 6.45) is 5.71. The van der Waals surface area contributed by atoms with Gasteiger partial charge in [0.1, 0.15) is 5.82 Å². The highest BCUT2D eigenvalue weighted by Crippen LogP contribution is 2.33. The molecular formula is C32H37N3O2. The second kappa shape index (κ2) is 10.4. The van der Waals surface area contributed by atoms with Crippen LogP contribution in [-0.4, -0.2) is 33.7 Å². The smallest absolute Gasteiger partial charge is 0.336 e. The summed E-state index contributed by atoms with van der Waals surface area (Å²) >= 11 is 0. The molecule has 0 bridgehead atoms. The Balaban J connectivity index is 1.48. The number of rotatable bonds is 8. The molecule has 37 heavy (non-hydrogen) atoms. The maximum atomic E-state index is 11.7. The Morgan fingerprint density at radius 1 is 1.05 bits per heavy atom. The SMILES string of the molecule is CCCCc1nc2ccc(N3CCCC(C)(C)C3)cc2n1Cc1ccc(-c2ccccc2C(=O)O)cc1. The molecule has 0 amide bonds. The Kier molecular flexibility index (Phi) is 7.05. The molecule has 0 radical (unpaired) electrons. The first-order valence-electron chi connectivity index (χ1n) is 13.5. The lowest BCUT2D eigenvalue weighted by Gasteiger charge is -2.39. The van der Waals surface area contributed by atoms with E-state index in [4.69, 9.17) is 4.98 Å². The predicted octanol–water partition coefficient (Wildman–Crippen LogP) is 7.42. The number of carboxylic acid groups (broad SMARTS) is 1. The van der Waals surface area contributed by atoms with Gasteiger partial charge in [-0.15, -0.1) is 0 Å². The lowest BCUT2D eigenvalue weighted by atomic mass is 9.84. The summed E-state index contributed by atoms with van der Waals surface area (Å²) in [5, 5.41) is 9.59. The summed E-state index contributed by atoms with van der Waals surface area (Å²) in [6, 6.07) is 22.2. The van der Waals surface area contributed by atoms with E-state index in [0.717, 1.165) is 61.4 Å². The highest BCUT2D eigenvalue weighted by atomic mass is 16.4. The summed E-state index contributed by atoms with van der Waals surface area (Å²) in [7, 11) is 0. The molecule has 0 unspecified atom stereocenters. The normalized spacial score (nSPS) is 15.3. The van der Waals surface area contributed by atoms with Crippen molar-refractivity contribution in [1.82, 2.24) is 9.55 Å². The van der Waals surface area contributed by atoms with E-state index in [1.165, 1.54) is 29.6 Å². The van der Waals surface area contributed by atoms with Crippen LogP contribution in [0.4, 0.5) is 5.69 Å². The van der Waals surface area contributed by atoms with Crippen molar-refractivity contribution in [3.05, 3.63) is 83.7 Å². The van der Waals surface area contributed by atoms with E-state index in [2.05, 4.69) is 60.6 Å². The van der Waals surface area contributed by atoms with E-state index < -0.39 is 5.97 Å². The van der Waals surface area contributed by atoms with Gasteiger partial charge in [0.25, 0.3) is 0 Å². The number of benzene rings is 3. The molecule has 1 saturated heterocycles. The van der Waals surface area contributed by atoms with Crippen LogP contribution in [0.2, 0.25) is 0 Å². The van der Waals surface area contributed by atoms with Crippen molar-refractivity contribution >= 4 is 22.7 Å². The molecule has 1 N–H and O–H groups in total. The van der Waals surface area contributed by atoms with Gasteiger partial charge in [-0.1, -0.05) is 69.7 Å². The van der Waals surface area contributed by atoms with E-state index >= 15 is 0 Å². The van der Waals surface area contributed by atoms with Crippen LogP contribution < -0.4 is 4.90 Å². The van der Waals surface area contributed by atoms with Gasteiger partial charge < -0.3 is 14.6 Å². The predicted molar refractivity (Wildman–Crippen MR) is 152 cm³/mol. The second-order valence-corrected chi connectivity index (χ2v) is 11.1. The van der Waals surface area contributed by atoms with Crippen LogP contribution in [0.5, 0.6) is 0 Å². The van der Waals surface area contributed by atoms with E-state index in [1.807, 2.05) is 24.3 Å². The number of anilines is 1. The van der Waals surface area contributed by atoms with E-state index in [-0.39, 0.29) is 0 Å². The number of unbranched alkanes of at least 4 members (excludes halogenated alkanes) is 1. The van der Waals surface area contributed by atoms with Crippen LogP contribution in [0.3, 0.4) is 0 Å². The number of nitrogens with zero attached hydrogens (tertiary/aromatic N) is 3. The van der Waals surface area contributed by atoms with Gasteiger partial charge in [0.05, 0.1) is 16.6 Å². The molecule has 0 aliphatic carbocycles. The molecule has 5 nitrogen and oxygen atoms in total. The highest BCUT2D eigenvalue weighted by Gasteiger charge is 2.27. The number of imidazole rings is 1. The Morgan fingerprint density at radius 3 is 2.57 bits per heavy atom. The number of hydrogen-bond donors (Lipinski definition) is 1. The number of aromatic carboxylic acids is 1.